The molecule has 0 bridgehead atoms. The van der Waals surface area contributed by atoms with Crippen molar-refractivity contribution >= 4 is 11.8 Å². The Kier molecular flexibility index (Phi) is 10.0. The third-order valence-electron chi connectivity index (χ3n) is 5.44. The van der Waals surface area contributed by atoms with Crippen molar-refractivity contribution in [3.05, 3.63) is 12.7 Å². The number of cyclic esters (lactones) is 1. The van der Waals surface area contributed by atoms with Crippen LogP contribution in [0.1, 0.15) is 72.1 Å². The zero-order chi connectivity index (χ0) is 18.8. The molecule has 0 aliphatic carbocycles. The Morgan fingerprint density at radius 1 is 1.12 bits per heavy atom. The maximum atomic E-state index is 12.8. The van der Waals surface area contributed by atoms with Crippen LogP contribution in [0.25, 0.3) is 0 Å². The molecule has 144 valence electrons. The summed E-state index contributed by atoms with van der Waals surface area (Å²) in [7, 11) is 0. The SMILES string of the molecule is C=CCC1CC(C)CCCC(C)CCCOC(=O)CC(O)C(C)C1=O. The first-order valence-electron chi connectivity index (χ1n) is 9.83. The number of aliphatic hydroxyl groups excluding tert-OH is 1. The van der Waals surface area contributed by atoms with Gasteiger partial charge in [0.2, 0.25) is 0 Å². The van der Waals surface area contributed by atoms with Crippen molar-refractivity contribution in [3.8, 4) is 0 Å². The van der Waals surface area contributed by atoms with Gasteiger partial charge in [-0.3, -0.25) is 9.59 Å². The normalized spacial score (nSPS) is 34.3. The summed E-state index contributed by atoms with van der Waals surface area (Å²) in [5, 5.41) is 10.3. The van der Waals surface area contributed by atoms with E-state index in [9.17, 15) is 14.7 Å². The second-order valence-corrected chi connectivity index (χ2v) is 7.92. The number of esters is 1. The van der Waals surface area contributed by atoms with Crippen LogP contribution in [0, 0.1) is 23.7 Å². The highest BCUT2D eigenvalue weighted by Gasteiger charge is 2.30. The van der Waals surface area contributed by atoms with Gasteiger partial charge in [0.25, 0.3) is 0 Å². The number of carbonyl (C=O) groups excluding carboxylic acids is 2. The van der Waals surface area contributed by atoms with Crippen molar-refractivity contribution < 1.29 is 19.4 Å². The number of hydrogen-bond donors (Lipinski definition) is 1. The Balaban J connectivity index is 2.80. The number of carbonyl (C=O) groups is 2. The Bertz CT molecular complexity index is 432. The van der Waals surface area contributed by atoms with Crippen LogP contribution in [-0.4, -0.2) is 29.6 Å². The number of Topliss-reactive ketones (excluding diaryl/α,β-unsaturated/α-hetero) is 1. The molecule has 0 aromatic rings. The number of aliphatic hydroxyl groups is 1. The van der Waals surface area contributed by atoms with Crippen molar-refractivity contribution in [3.63, 3.8) is 0 Å². The highest BCUT2D eigenvalue weighted by Crippen LogP contribution is 2.27. The molecule has 0 aromatic heterocycles. The second-order valence-electron chi connectivity index (χ2n) is 7.92. The first kappa shape index (κ1) is 21.9. The molecule has 1 rings (SSSR count). The van der Waals surface area contributed by atoms with Crippen LogP contribution in [0.5, 0.6) is 0 Å². The summed E-state index contributed by atoms with van der Waals surface area (Å²) in [6.07, 6.45) is 7.51. The first-order chi connectivity index (χ1) is 11.8. The van der Waals surface area contributed by atoms with E-state index in [0.717, 1.165) is 32.1 Å². The predicted molar refractivity (Wildman–Crippen MR) is 100 cm³/mol. The fraction of sp³-hybridized carbons (Fsp3) is 0.810. The van der Waals surface area contributed by atoms with Gasteiger partial charge in [-0.25, -0.2) is 0 Å². The van der Waals surface area contributed by atoms with Crippen molar-refractivity contribution in [1.82, 2.24) is 0 Å². The van der Waals surface area contributed by atoms with Gasteiger partial charge < -0.3 is 9.84 Å². The fourth-order valence-corrected chi connectivity index (χ4v) is 3.68. The highest BCUT2D eigenvalue weighted by atomic mass is 16.5. The topological polar surface area (TPSA) is 63.6 Å². The molecule has 0 amide bonds. The van der Waals surface area contributed by atoms with Gasteiger partial charge in [-0.2, -0.15) is 0 Å². The van der Waals surface area contributed by atoms with Gasteiger partial charge >= 0.3 is 5.97 Å². The molecular formula is C21H36O4. The molecule has 1 fully saturated rings. The molecule has 4 nitrogen and oxygen atoms in total. The van der Waals surface area contributed by atoms with E-state index < -0.39 is 18.0 Å². The van der Waals surface area contributed by atoms with Gasteiger partial charge in [0.1, 0.15) is 5.78 Å². The Labute approximate surface area is 153 Å². The second kappa shape index (κ2) is 11.5. The predicted octanol–water partition coefficient (Wildman–Crippen LogP) is 4.30. The van der Waals surface area contributed by atoms with Gasteiger partial charge in [-0.1, -0.05) is 46.1 Å². The smallest absolute Gasteiger partial charge is 0.308 e. The number of hydrogen-bond acceptors (Lipinski definition) is 4. The van der Waals surface area contributed by atoms with Crippen LogP contribution in [-0.2, 0) is 14.3 Å². The van der Waals surface area contributed by atoms with Crippen LogP contribution in [0.2, 0.25) is 0 Å². The fourth-order valence-electron chi connectivity index (χ4n) is 3.68. The van der Waals surface area contributed by atoms with Crippen LogP contribution in [0.3, 0.4) is 0 Å². The van der Waals surface area contributed by atoms with E-state index in [1.165, 1.54) is 6.42 Å². The third kappa shape index (κ3) is 8.17. The zero-order valence-electron chi connectivity index (χ0n) is 16.2. The molecule has 0 aromatic carbocycles. The van der Waals surface area contributed by atoms with Crippen molar-refractivity contribution in [1.29, 1.82) is 0 Å². The van der Waals surface area contributed by atoms with Gasteiger partial charge in [0.15, 0.2) is 0 Å². The van der Waals surface area contributed by atoms with Crippen LogP contribution < -0.4 is 0 Å². The largest absolute Gasteiger partial charge is 0.466 e. The maximum Gasteiger partial charge on any atom is 0.308 e. The molecule has 5 unspecified atom stereocenters. The summed E-state index contributed by atoms with van der Waals surface area (Å²) in [4.78, 5) is 24.7. The average Bonchev–Trinajstić information content (AvgIpc) is 2.56. The summed E-state index contributed by atoms with van der Waals surface area (Å²) in [6.45, 7) is 10.3. The number of ketones is 1. The van der Waals surface area contributed by atoms with E-state index in [4.69, 9.17) is 4.74 Å². The lowest BCUT2D eigenvalue weighted by atomic mass is 9.81. The summed E-state index contributed by atoms with van der Waals surface area (Å²) in [6, 6.07) is 0. The molecule has 1 aliphatic rings. The monoisotopic (exact) mass is 352 g/mol. The molecule has 1 aliphatic heterocycles. The van der Waals surface area contributed by atoms with Gasteiger partial charge in [-0.05, 0) is 37.5 Å². The zero-order valence-corrected chi connectivity index (χ0v) is 16.2. The Morgan fingerprint density at radius 2 is 1.76 bits per heavy atom. The Hall–Kier alpha value is -1.16. The molecule has 1 saturated heterocycles. The molecule has 0 saturated carbocycles. The molecule has 1 heterocycles. The average molecular weight is 353 g/mol. The molecule has 25 heavy (non-hydrogen) atoms. The first-order valence-corrected chi connectivity index (χ1v) is 9.83. The minimum Gasteiger partial charge on any atom is -0.466 e. The summed E-state index contributed by atoms with van der Waals surface area (Å²) in [5.74, 6) is 0.0301. The van der Waals surface area contributed by atoms with E-state index in [2.05, 4.69) is 20.4 Å². The highest BCUT2D eigenvalue weighted by molar-refractivity contribution is 5.84. The van der Waals surface area contributed by atoms with Crippen molar-refractivity contribution in [2.24, 2.45) is 23.7 Å². The van der Waals surface area contributed by atoms with Gasteiger partial charge in [-0.15, -0.1) is 6.58 Å². The van der Waals surface area contributed by atoms with Crippen molar-refractivity contribution in [2.75, 3.05) is 6.61 Å². The lowest BCUT2D eigenvalue weighted by molar-refractivity contribution is -0.147. The summed E-state index contributed by atoms with van der Waals surface area (Å²) < 4.78 is 5.21. The number of rotatable bonds is 2. The van der Waals surface area contributed by atoms with Gasteiger partial charge in [0.05, 0.1) is 19.1 Å². The number of ether oxygens (including phenoxy) is 1. The molecule has 0 spiro atoms. The van der Waals surface area contributed by atoms with Crippen LogP contribution in [0.4, 0.5) is 0 Å². The molecule has 0 radical (unpaired) electrons. The molecule has 1 N–H and O–H groups in total. The van der Waals surface area contributed by atoms with Crippen LogP contribution >= 0.6 is 0 Å². The van der Waals surface area contributed by atoms with Gasteiger partial charge in [0, 0.05) is 11.8 Å². The molecule has 5 atom stereocenters. The minimum absolute atomic E-state index is 0.0347. The van der Waals surface area contributed by atoms with E-state index in [1.54, 1.807) is 13.0 Å². The standard InChI is InChI=1S/C21H36O4/c1-5-8-18-13-16(3)10-6-9-15(2)11-7-12-25-20(23)14-19(22)17(4)21(18)24/h5,15-19,22H,1,6-14H2,2-4H3. The van der Waals surface area contributed by atoms with Crippen molar-refractivity contribution in [2.45, 2.75) is 78.2 Å². The third-order valence-corrected chi connectivity index (χ3v) is 5.44. The number of allylic oxidation sites excluding steroid dienone is 1. The Morgan fingerprint density at radius 3 is 2.44 bits per heavy atom. The summed E-state index contributed by atoms with van der Waals surface area (Å²) >= 11 is 0. The van der Waals surface area contributed by atoms with E-state index in [1.807, 2.05) is 0 Å². The van der Waals surface area contributed by atoms with E-state index >= 15 is 0 Å². The summed E-state index contributed by atoms with van der Waals surface area (Å²) in [5.41, 5.74) is 0. The minimum atomic E-state index is -0.977. The molecule has 4 heteroatoms. The lowest BCUT2D eigenvalue weighted by Gasteiger charge is -2.25. The van der Waals surface area contributed by atoms with E-state index in [0.29, 0.717) is 24.9 Å². The lowest BCUT2D eigenvalue weighted by Crippen LogP contribution is -2.33. The quantitative estimate of drug-likeness (QED) is 0.594. The maximum absolute atomic E-state index is 12.8. The van der Waals surface area contributed by atoms with E-state index in [-0.39, 0.29) is 18.1 Å². The van der Waals surface area contributed by atoms with Crippen LogP contribution in [0.15, 0.2) is 12.7 Å². The molecular weight excluding hydrogens is 316 g/mol.